The number of hydrogen-bond donors (Lipinski definition) is 2. The Balaban J connectivity index is 2.10. The van der Waals surface area contributed by atoms with E-state index in [0.29, 0.717) is 19.7 Å². The minimum atomic E-state index is -0.308. The Morgan fingerprint density at radius 3 is 2.78 bits per heavy atom. The monoisotopic (exact) mass is 324 g/mol. The number of morpholine rings is 1. The summed E-state index contributed by atoms with van der Waals surface area (Å²) in [5, 5.41) is 12.3. The van der Waals surface area contributed by atoms with Crippen molar-refractivity contribution in [3.8, 4) is 0 Å². The van der Waals surface area contributed by atoms with Crippen molar-refractivity contribution >= 4 is 6.03 Å². The van der Waals surface area contributed by atoms with Gasteiger partial charge < -0.3 is 24.5 Å². The Morgan fingerprint density at radius 1 is 1.48 bits per heavy atom. The molecule has 1 aliphatic heterocycles. The van der Waals surface area contributed by atoms with Crippen LogP contribution in [0.5, 0.6) is 0 Å². The van der Waals surface area contributed by atoms with Crippen molar-refractivity contribution in [2.24, 2.45) is 5.41 Å². The lowest BCUT2D eigenvalue weighted by Gasteiger charge is -2.36. The number of aliphatic hydroxyl groups is 1. The van der Waals surface area contributed by atoms with E-state index in [-0.39, 0.29) is 30.2 Å². The lowest BCUT2D eigenvalue weighted by atomic mass is 9.85. The fourth-order valence-corrected chi connectivity index (χ4v) is 2.68. The van der Waals surface area contributed by atoms with Gasteiger partial charge in [0.1, 0.15) is 11.5 Å². The molecule has 6 heteroatoms. The summed E-state index contributed by atoms with van der Waals surface area (Å²) in [4.78, 5) is 14.3. The van der Waals surface area contributed by atoms with Crippen molar-refractivity contribution in [3.05, 3.63) is 23.7 Å². The van der Waals surface area contributed by atoms with Crippen molar-refractivity contribution in [1.82, 2.24) is 10.2 Å². The third-order valence-electron chi connectivity index (χ3n) is 4.08. The molecule has 0 spiro atoms. The van der Waals surface area contributed by atoms with E-state index >= 15 is 0 Å². The van der Waals surface area contributed by atoms with Crippen LogP contribution in [-0.4, -0.2) is 48.4 Å². The number of urea groups is 1. The van der Waals surface area contributed by atoms with E-state index in [1.165, 1.54) is 0 Å². The minimum absolute atomic E-state index is 0.0788. The predicted octanol–water partition coefficient (Wildman–Crippen LogP) is 2.33. The molecule has 0 radical (unpaired) electrons. The summed E-state index contributed by atoms with van der Waals surface area (Å²) in [6.45, 7) is 9.54. The summed E-state index contributed by atoms with van der Waals surface area (Å²) in [5.41, 5.74) is -0.179. The van der Waals surface area contributed by atoms with E-state index in [0.717, 1.165) is 17.9 Å². The van der Waals surface area contributed by atoms with Crippen LogP contribution in [0.3, 0.4) is 0 Å². The molecule has 0 saturated carbocycles. The standard InChI is InChI=1S/C17H28N2O4/c1-5-12-6-7-14(23-12)15(17(2,3)4)18-16(21)19-8-9-22-13(10-19)11-20/h6-7,13,15,20H,5,8-11H2,1-4H3,(H,18,21)/t13-,15+/m0/s1. The first-order chi connectivity index (χ1) is 10.8. The molecule has 0 aromatic carbocycles. The molecule has 23 heavy (non-hydrogen) atoms. The van der Waals surface area contributed by atoms with Crippen molar-refractivity contribution in [1.29, 1.82) is 0 Å². The van der Waals surface area contributed by atoms with Crippen LogP contribution in [-0.2, 0) is 11.2 Å². The SMILES string of the molecule is CCc1ccc([C@@H](NC(=O)N2CCO[C@H](CO)C2)C(C)(C)C)o1. The molecule has 2 N–H and O–H groups in total. The first-order valence-electron chi connectivity index (χ1n) is 8.21. The predicted molar refractivity (Wildman–Crippen MR) is 87.2 cm³/mol. The van der Waals surface area contributed by atoms with Crippen LogP contribution in [0.25, 0.3) is 0 Å². The molecular weight excluding hydrogens is 296 g/mol. The van der Waals surface area contributed by atoms with Crippen molar-refractivity contribution in [2.75, 3.05) is 26.3 Å². The van der Waals surface area contributed by atoms with Crippen molar-refractivity contribution in [3.63, 3.8) is 0 Å². The van der Waals surface area contributed by atoms with Gasteiger partial charge in [0.15, 0.2) is 0 Å². The third-order valence-corrected chi connectivity index (χ3v) is 4.08. The molecule has 2 amide bonds. The normalized spacial score (nSPS) is 20.4. The lowest BCUT2D eigenvalue weighted by Crippen LogP contribution is -2.52. The molecule has 0 unspecified atom stereocenters. The van der Waals surface area contributed by atoms with Gasteiger partial charge in [-0.1, -0.05) is 27.7 Å². The number of amides is 2. The van der Waals surface area contributed by atoms with Gasteiger partial charge >= 0.3 is 6.03 Å². The van der Waals surface area contributed by atoms with E-state index < -0.39 is 0 Å². The maximum atomic E-state index is 12.6. The number of carbonyl (C=O) groups excluding carboxylic acids is 1. The maximum Gasteiger partial charge on any atom is 0.318 e. The summed E-state index contributed by atoms with van der Waals surface area (Å²) >= 11 is 0. The number of ether oxygens (including phenoxy) is 1. The molecule has 6 nitrogen and oxygen atoms in total. The molecular formula is C17H28N2O4. The fraction of sp³-hybridized carbons (Fsp3) is 0.706. The largest absolute Gasteiger partial charge is 0.464 e. The molecule has 0 aliphatic carbocycles. The smallest absolute Gasteiger partial charge is 0.318 e. The van der Waals surface area contributed by atoms with Crippen LogP contribution in [0.15, 0.2) is 16.5 Å². The van der Waals surface area contributed by atoms with Gasteiger partial charge in [0, 0.05) is 13.0 Å². The van der Waals surface area contributed by atoms with Gasteiger partial charge in [0.2, 0.25) is 0 Å². The number of aryl methyl sites for hydroxylation is 1. The molecule has 1 aliphatic rings. The zero-order valence-corrected chi connectivity index (χ0v) is 14.5. The van der Waals surface area contributed by atoms with Crippen LogP contribution in [0, 0.1) is 5.41 Å². The number of nitrogens with one attached hydrogen (secondary N) is 1. The average molecular weight is 324 g/mol. The molecule has 1 aromatic rings. The zero-order chi connectivity index (χ0) is 17.0. The summed E-state index contributed by atoms with van der Waals surface area (Å²) in [5.74, 6) is 1.69. The average Bonchev–Trinajstić information content (AvgIpc) is 2.99. The third kappa shape index (κ3) is 4.48. The fourth-order valence-electron chi connectivity index (χ4n) is 2.68. The van der Waals surface area contributed by atoms with Crippen LogP contribution in [0.1, 0.15) is 45.3 Å². The Hall–Kier alpha value is -1.53. The highest BCUT2D eigenvalue weighted by Gasteiger charge is 2.33. The summed E-state index contributed by atoms with van der Waals surface area (Å²) in [6.07, 6.45) is 0.518. The van der Waals surface area contributed by atoms with E-state index in [1.807, 2.05) is 19.1 Å². The van der Waals surface area contributed by atoms with Gasteiger partial charge in [0.05, 0.1) is 31.9 Å². The first-order valence-corrected chi connectivity index (χ1v) is 8.21. The van der Waals surface area contributed by atoms with Gasteiger partial charge in [-0.25, -0.2) is 4.79 Å². The Kier molecular flexibility index (Phi) is 5.70. The molecule has 130 valence electrons. The van der Waals surface area contributed by atoms with Crippen LogP contribution >= 0.6 is 0 Å². The minimum Gasteiger partial charge on any atom is -0.464 e. The number of hydrogen-bond acceptors (Lipinski definition) is 4. The number of rotatable bonds is 4. The first kappa shape index (κ1) is 17.8. The highest BCUT2D eigenvalue weighted by atomic mass is 16.5. The number of aliphatic hydroxyl groups excluding tert-OH is 1. The number of nitrogens with zero attached hydrogens (tertiary/aromatic N) is 1. The number of carbonyl (C=O) groups is 1. The highest BCUT2D eigenvalue weighted by molar-refractivity contribution is 5.75. The van der Waals surface area contributed by atoms with E-state index in [1.54, 1.807) is 4.90 Å². The molecule has 2 atom stereocenters. The van der Waals surface area contributed by atoms with Crippen LogP contribution in [0.2, 0.25) is 0 Å². The highest BCUT2D eigenvalue weighted by Crippen LogP contribution is 2.34. The van der Waals surface area contributed by atoms with Crippen LogP contribution < -0.4 is 5.32 Å². The van der Waals surface area contributed by atoms with Gasteiger partial charge in [-0.3, -0.25) is 0 Å². The van der Waals surface area contributed by atoms with Gasteiger partial charge in [-0.05, 0) is 17.5 Å². The summed E-state index contributed by atoms with van der Waals surface area (Å²) in [7, 11) is 0. The lowest BCUT2D eigenvalue weighted by molar-refractivity contribution is -0.0409. The molecule has 2 heterocycles. The Labute approximate surface area is 137 Å². The molecule has 0 bridgehead atoms. The van der Waals surface area contributed by atoms with Gasteiger partial charge in [-0.2, -0.15) is 0 Å². The van der Waals surface area contributed by atoms with Crippen LogP contribution in [0.4, 0.5) is 4.79 Å². The molecule has 1 saturated heterocycles. The molecule has 2 rings (SSSR count). The quantitative estimate of drug-likeness (QED) is 0.891. The summed E-state index contributed by atoms with van der Waals surface area (Å²) in [6, 6.07) is 3.52. The Bertz CT molecular complexity index is 521. The van der Waals surface area contributed by atoms with Crippen molar-refractivity contribution < 1.29 is 19.1 Å². The number of furan rings is 1. The molecule has 1 aromatic heterocycles. The van der Waals surface area contributed by atoms with E-state index in [2.05, 4.69) is 26.1 Å². The maximum absolute atomic E-state index is 12.6. The van der Waals surface area contributed by atoms with Gasteiger partial charge in [0.25, 0.3) is 0 Å². The van der Waals surface area contributed by atoms with E-state index in [9.17, 15) is 9.90 Å². The second-order valence-corrected chi connectivity index (χ2v) is 7.03. The molecule has 1 fully saturated rings. The second-order valence-electron chi connectivity index (χ2n) is 7.03. The topological polar surface area (TPSA) is 74.9 Å². The van der Waals surface area contributed by atoms with E-state index in [4.69, 9.17) is 9.15 Å². The zero-order valence-electron chi connectivity index (χ0n) is 14.5. The van der Waals surface area contributed by atoms with Gasteiger partial charge in [-0.15, -0.1) is 0 Å². The Morgan fingerprint density at radius 2 is 2.22 bits per heavy atom. The van der Waals surface area contributed by atoms with Crippen molar-refractivity contribution in [2.45, 2.75) is 46.3 Å². The summed E-state index contributed by atoms with van der Waals surface area (Å²) < 4.78 is 11.2. The second kappa shape index (κ2) is 7.36.